The Kier molecular flexibility index (Phi) is 9.75. The molecule has 0 atom stereocenters. The van der Waals surface area contributed by atoms with Crippen LogP contribution in [0, 0.1) is 0 Å². The van der Waals surface area contributed by atoms with E-state index < -0.39 is 8.07 Å². The van der Waals surface area contributed by atoms with Crippen LogP contribution in [0.2, 0.25) is 13.1 Å². The summed E-state index contributed by atoms with van der Waals surface area (Å²) in [5.74, 6) is 0. The summed E-state index contributed by atoms with van der Waals surface area (Å²) in [6, 6.07) is 100. The molecule has 0 saturated carbocycles. The van der Waals surface area contributed by atoms with Gasteiger partial charge in [0.2, 0.25) is 0 Å². The Morgan fingerprint density at radius 3 is 1.07 bits per heavy atom. The van der Waals surface area contributed by atoms with Crippen LogP contribution in [-0.2, 0) is 0 Å². The molecular weight excluding hydrogens is 921 g/mol. The van der Waals surface area contributed by atoms with E-state index in [2.05, 4.69) is 290 Å². The molecule has 75 heavy (non-hydrogen) atoms. The summed E-state index contributed by atoms with van der Waals surface area (Å²) >= 11 is 0. The van der Waals surface area contributed by atoms with Gasteiger partial charge in [0, 0.05) is 44.3 Å². The minimum Gasteiger partial charge on any atom is -0.309 e. The third-order valence-corrected chi connectivity index (χ3v) is 19.8. The number of hydrogen-bond donors (Lipinski definition) is 0. The maximum absolute atomic E-state index is 2.63. The van der Waals surface area contributed by atoms with Gasteiger partial charge in [0.25, 0.3) is 0 Å². The van der Waals surface area contributed by atoms with E-state index in [1.807, 2.05) is 0 Å². The number of nitrogens with zero attached hydrogens (tertiary/aromatic N) is 2. The van der Waals surface area contributed by atoms with Crippen LogP contribution in [0.15, 0.2) is 267 Å². The second kappa shape index (κ2) is 16.9. The first kappa shape index (κ1) is 43.3. The summed E-state index contributed by atoms with van der Waals surface area (Å²) in [6.45, 7) is 5.09. The highest BCUT2D eigenvalue weighted by molar-refractivity contribution is 7.04. The summed E-state index contributed by atoms with van der Waals surface area (Å²) in [4.78, 5) is 5.15. The lowest BCUT2D eigenvalue weighted by atomic mass is 9.90. The highest BCUT2D eigenvalue weighted by atomic mass is 28.3. The standard InChI is InChI=1S/C72H50N2Si/c1-75(2)69-26-14-13-25-63(69)65-45-67-68(46-70(65)75)72(74(61-36-31-50-18-6-11-23-55(50)42-61)62-37-32-51-19-7-12-24-56(51)43-62)66-44-58(57-28-27-47-15-3-8-20-52(47)39-57)33-38-64(66)71(67)73(59-34-29-48-16-4-9-21-53(48)40-59)60-35-30-49-17-5-10-22-54(49)41-60/h3-46H,1-2H3. The SMILES string of the molecule is C[Si]1(C)c2ccccc2-c2cc3c(N(c4ccc5ccccc5c4)c4ccc5ccccc5c4)c4ccc(-c5ccc6ccccc6c5)cc4c(N(c4ccc5ccccc5c4)c4ccc5ccccc5c4)c3cc21. The molecule has 15 rings (SSSR count). The van der Waals surface area contributed by atoms with Gasteiger partial charge >= 0.3 is 0 Å². The van der Waals surface area contributed by atoms with Gasteiger partial charge in [-0.15, -0.1) is 0 Å². The largest absolute Gasteiger partial charge is 0.309 e. The van der Waals surface area contributed by atoms with Crippen molar-refractivity contribution in [3.8, 4) is 22.3 Å². The Bertz CT molecular complexity index is 4510. The Morgan fingerprint density at radius 2 is 0.587 bits per heavy atom. The van der Waals surface area contributed by atoms with E-state index in [9.17, 15) is 0 Å². The van der Waals surface area contributed by atoms with Crippen LogP contribution in [0.25, 0.3) is 97.7 Å². The van der Waals surface area contributed by atoms with Crippen molar-refractivity contribution < 1.29 is 0 Å². The quantitative estimate of drug-likeness (QED) is 0.0892. The zero-order chi connectivity index (χ0) is 49.8. The molecule has 0 fully saturated rings. The molecule has 2 nitrogen and oxygen atoms in total. The minimum atomic E-state index is -2.21. The fourth-order valence-electron chi connectivity index (χ4n) is 12.5. The van der Waals surface area contributed by atoms with Gasteiger partial charge in [-0.25, -0.2) is 0 Å². The van der Waals surface area contributed by atoms with Crippen molar-refractivity contribution in [2.75, 3.05) is 9.80 Å². The summed E-state index contributed by atoms with van der Waals surface area (Å²) in [6.07, 6.45) is 0. The second-order valence-corrected chi connectivity index (χ2v) is 25.3. The van der Waals surface area contributed by atoms with Crippen LogP contribution in [0.4, 0.5) is 34.1 Å². The van der Waals surface area contributed by atoms with E-state index in [1.165, 1.54) is 103 Å². The first-order chi connectivity index (χ1) is 36.9. The van der Waals surface area contributed by atoms with Crippen molar-refractivity contribution in [1.82, 2.24) is 0 Å². The van der Waals surface area contributed by atoms with E-state index in [4.69, 9.17) is 0 Å². The molecule has 0 radical (unpaired) electrons. The highest BCUT2D eigenvalue weighted by Gasteiger charge is 2.39. The van der Waals surface area contributed by atoms with E-state index in [1.54, 1.807) is 0 Å². The highest BCUT2D eigenvalue weighted by Crippen LogP contribution is 2.54. The second-order valence-electron chi connectivity index (χ2n) is 20.9. The molecule has 0 amide bonds. The molecule has 0 aliphatic carbocycles. The van der Waals surface area contributed by atoms with E-state index in [0.29, 0.717) is 0 Å². The number of hydrogen-bond acceptors (Lipinski definition) is 2. The van der Waals surface area contributed by atoms with E-state index in [0.717, 1.165) is 39.5 Å². The lowest BCUT2D eigenvalue weighted by molar-refractivity contribution is 1.31. The van der Waals surface area contributed by atoms with Crippen LogP contribution in [0.3, 0.4) is 0 Å². The molecule has 0 aromatic heterocycles. The van der Waals surface area contributed by atoms with Gasteiger partial charge in [-0.3, -0.25) is 0 Å². The van der Waals surface area contributed by atoms with Gasteiger partial charge in [-0.1, -0.05) is 213 Å². The van der Waals surface area contributed by atoms with Crippen LogP contribution in [0.1, 0.15) is 0 Å². The molecule has 0 N–H and O–H groups in total. The first-order valence-electron chi connectivity index (χ1n) is 26.1. The zero-order valence-electron chi connectivity index (χ0n) is 41.8. The fraction of sp³-hybridized carbons (Fsp3) is 0.0278. The van der Waals surface area contributed by atoms with Crippen molar-refractivity contribution in [2.45, 2.75) is 13.1 Å². The topological polar surface area (TPSA) is 6.48 Å². The Balaban J connectivity index is 1.14. The summed E-state index contributed by atoms with van der Waals surface area (Å²) in [5, 5.41) is 19.8. The van der Waals surface area contributed by atoms with Crippen molar-refractivity contribution in [1.29, 1.82) is 0 Å². The van der Waals surface area contributed by atoms with Crippen molar-refractivity contribution in [2.24, 2.45) is 0 Å². The van der Waals surface area contributed by atoms with Crippen LogP contribution in [-0.4, -0.2) is 8.07 Å². The zero-order valence-corrected chi connectivity index (χ0v) is 42.8. The first-order valence-corrected chi connectivity index (χ1v) is 29.1. The molecule has 14 aromatic carbocycles. The number of benzene rings is 14. The van der Waals surface area contributed by atoms with Gasteiger partial charge in [-0.05, 0) is 153 Å². The monoisotopic (exact) mass is 970 g/mol. The molecule has 0 bridgehead atoms. The molecule has 0 saturated heterocycles. The van der Waals surface area contributed by atoms with Gasteiger partial charge in [0.15, 0.2) is 0 Å². The third kappa shape index (κ3) is 7.00. The molecule has 1 aliphatic rings. The molecule has 352 valence electrons. The van der Waals surface area contributed by atoms with Crippen LogP contribution >= 0.6 is 0 Å². The molecule has 1 aliphatic heterocycles. The maximum Gasteiger partial charge on any atom is 0.113 e. The summed E-state index contributed by atoms with van der Waals surface area (Å²) < 4.78 is 0. The van der Waals surface area contributed by atoms with E-state index >= 15 is 0 Å². The van der Waals surface area contributed by atoms with Crippen LogP contribution in [0.5, 0.6) is 0 Å². The molecule has 14 aromatic rings. The normalized spacial score (nSPS) is 12.8. The average molecular weight is 971 g/mol. The molecule has 1 heterocycles. The summed E-state index contributed by atoms with van der Waals surface area (Å²) in [7, 11) is -2.21. The van der Waals surface area contributed by atoms with Crippen molar-refractivity contribution in [3.63, 3.8) is 0 Å². The fourth-order valence-corrected chi connectivity index (χ4v) is 15.6. The minimum absolute atomic E-state index is 1.11. The van der Waals surface area contributed by atoms with Crippen molar-refractivity contribution in [3.05, 3.63) is 267 Å². The smallest absolute Gasteiger partial charge is 0.113 e. The Hall–Kier alpha value is -9.28. The summed E-state index contributed by atoms with van der Waals surface area (Å²) in [5.41, 5.74) is 11.8. The lowest BCUT2D eigenvalue weighted by Gasteiger charge is -2.34. The maximum atomic E-state index is 2.63. The molecular formula is C72H50N2Si. The molecule has 0 unspecified atom stereocenters. The molecule has 0 spiro atoms. The number of fused-ring (bicyclic) bond motifs is 10. The Morgan fingerprint density at radius 1 is 0.240 bits per heavy atom. The average Bonchev–Trinajstić information content (AvgIpc) is 3.69. The van der Waals surface area contributed by atoms with Crippen LogP contribution < -0.4 is 20.2 Å². The number of anilines is 6. The third-order valence-electron chi connectivity index (χ3n) is 16.3. The lowest BCUT2D eigenvalue weighted by Crippen LogP contribution is -2.49. The number of rotatable bonds is 7. The molecule has 3 heteroatoms. The predicted molar refractivity (Wildman–Crippen MR) is 326 cm³/mol. The van der Waals surface area contributed by atoms with Gasteiger partial charge in [0.1, 0.15) is 8.07 Å². The Labute approximate surface area is 437 Å². The van der Waals surface area contributed by atoms with Gasteiger partial charge in [0.05, 0.1) is 11.4 Å². The van der Waals surface area contributed by atoms with Gasteiger partial charge < -0.3 is 9.80 Å². The van der Waals surface area contributed by atoms with E-state index in [-0.39, 0.29) is 0 Å². The van der Waals surface area contributed by atoms with Crippen molar-refractivity contribution >= 4 is 128 Å². The predicted octanol–water partition coefficient (Wildman–Crippen LogP) is 19.2. The van der Waals surface area contributed by atoms with Gasteiger partial charge in [-0.2, -0.15) is 0 Å².